The maximum absolute atomic E-state index is 12.5. The summed E-state index contributed by atoms with van der Waals surface area (Å²) in [6, 6.07) is 20.1. The maximum Gasteiger partial charge on any atom is 0.310 e. The minimum atomic E-state index is -0.169. The second kappa shape index (κ2) is 8.85. The Hall–Kier alpha value is -2.92. The average molecular weight is 376 g/mol. The standard InChI is InChI=1S/C23H24N2O3/c26-23(20-12-7-13-25(16-20)15-18-8-3-1-4-9-18)27-17-22-24-14-21(28-22)19-10-5-2-6-11-19/h1-6,8-11,14,20H,7,12-13,15-17H2. The molecule has 3 aromatic rings. The molecule has 1 unspecified atom stereocenters. The normalized spacial score (nSPS) is 17.4. The second-order valence-electron chi connectivity index (χ2n) is 7.15. The molecule has 144 valence electrons. The lowest BCUT2D eigenvalue weighted by Crippen LogP contribution is -2.38. The van der Waals surface area contributed by atoms with Crippen LogP contribution >= 0.6 is 0 Å². The molecule has 5 nitrogen and oxygen atoms in total. The topological polar surface area (TPSA) is 55.6 Å². The van der Waals surface area contributed by atoms with Crippen LogP contribution in [0, 0.1) is 5.92 Å². The number of carbonyl (C=O) groups is 1. The summed E-state index contributed by atoms with van der Waals surface area (Å²) in [5.41, 5.74) is 2.22. The molecule has 0 amide bonds. The third kappa shape index (κ3) is 4.67. The monoisotopic (exact) mass is 376 g/mol. The van der Waals surface area contributed by atoms with E-state index in [1.807, 2.05) is 48.5 Å². The Kier molecular flexibility index (Phi) is 5.83. The average Bonchev–Trinajstić information content (AvgIpc) is 3.23. The van der Waals surface area contributed by atoms with Crippen LogP contribution in [0.4, 0.5) is 0 Å². The summed E-state index contributed by atoms with van der Waals surface area (Å²) in [4.78, 5) is 19.1. The summed E-state index contributed by atoms with van der Waals surface area (Å²) in [6.45, 7) is 2.68. The molecule has 1 aliphatic rings. The van der Waals surface area contributed by atoms with E-state index in [1.165, 1.54) is 5.56 Å². The van der Waals surface area contributed by atoms with Gasteiger partial charge < -0.3 is 9.15 Å². The van der Waals surface area contributed by atoms with E-state index in [1.54, 1.807) is 6.20 Å². The van der Waals surface area contributed by atoms with Crippen LogP contribution in [-0.2, 0) is 22.7 Å². The Bertz CT molecular complexity index is 892. The fraction of sp³-hybridized carbons (Fsp3) is 0.304. The summed E-state index contributed by atoms with van der Waals surface area (Å²) in [6.07, 6.45) is 3.54. The SMILES string of the molecule is O=C(OCc1ncc(-c2ccccc2)o1)C1CCCN(Cc2ccccc2)C1. The van der Waals surface area contributed by atoms with E-state index in [0.29, 0.717) is 11.7 Å². The molecule has 0 spiro atoms. The summed E-state index contributed by atoms with van der Waals surface area (Å²) in [5.74, 6) is 0.834. The van der Waals surface area contributed by atoms with E-state index in [9.17, 15) is 4.79 Å². The van der Waals surface area contributed by atoms with Gasteiger partial charge in [0.05, 0.1) is 12.1 Å². The van der Waals surface area contributed by atoms with Crippen LogP contribution in [0.2, 0.25) is 0 Å². The predicted octanol–water partition coefficient (Wildman–Crippen LogP) is 4.30. The van der Waals surface area contributed by atoms with Crippen LogP contribution in [0.15, 0.2) is 71.3 Å². The number of oxazole rings is 1. The molecule has 4 rings (SSSR count). The molecule has 28 heavy (non-hydrogen) atoms. The number of hydrogen-bond acceptors (Lipinski definition) is 5. The van der Waals surface area contributed by atoms with E-state index >= 15 is 0 Å². The molecule has 0 aliphatic carbocycles. The van der Waals surface area contributed by atoms with Gasteiger partial charge in [-0.15, -0.1) is 0 Å². The van der Waals surface area contributed by atoms with Crippen molar-refractivity contribution < 1.29 is 13.9 Å². The highest BCUT2D eigenvalue weighted by molar-refractivity contribution is 5.72. The summed E-state index contributed by atoms with van der Waals surface area (Å²) in [7, 11) is 0. The zero-order valence-electron chi connectivity index (χ0n) is 15.8. The minimum absolute atomic E-state index is 0.0703. The van der Waals surface area contributed by atoms with Gasteiger partial charge in [0.25, 0.3) is 0 Å². The van der Waals surface area contributed by atoms with Crippen molar-refractivity contribution in [1.82, 2.24) is 9.88 Å². The van der Waals surface area contributed by atoms with Crippen molar-refractivity contribution in [2.75, 3.05) is 13.1 Å². The maximum atomic E-state index is 12.5. The Morgan fingerprint density at radius 1 is 1.11 bits per heavy atom. The van der Waals surface area contributed by atoms with Crippen LogP contribution in [0.1, 0.15) is 24.3 Å². The number of esters is 1. The van der Waals surface area contributed by atoms with Gasteiger partial charge in [-0.3, -0.25) is 9.69 Å². The largest absolute Gasteiger partial charge is 0.455 e. The lowest BCUT2D eigenvalue weighted by Gasteiger charge is -2.31. The zero-order chi connectivity index (χ0) is 19.2. The molecule has 0 bridgehead atoms. The second-order valence-corrected chi connectivity index (χ2v) is 7.15. The van der Waals surface area contributed by atoms with Crippen LogP contribution in [0.3, 0.4) is 0 Å². The molecule has 1 fully saturated rings. The Morgan fingerprint density at radius 2 is 1.86 bits per heavy atom. The molecule has 0 radical (unpaired) electrons. The molecule has 1 aromatic heterocycles. The fourth-order valence-electron chi connectivity index (χ4n) is 3.60. The van der Waals surface area contributed by atoms with Gasteiger partial charge in [0.2, 0.25) is 5.89 Å². The molecular weight excluding hydrogens is 352 g/mol. The van der Waals surface area contributed by atoms with Gasteiger partial charge in [-0.1, -0.05) is 60.7 Å². The summed E-state index contributed by atoms with van der Waals surface area (Å²) < 4.78 is 11.2. The number of benzene rings is 2. The number of ether oxygens (including phenoxy) is 1. The first-order chi connectivity index (χ1) is 13.8. The van der Waals surface area contributed by atoms with Crippen molar-refractivity contribution in [1.29, 1.82) is 0 Å². The molecule has 2 aromatic carbocycles. The van der Waals surface area contributed by atoms with Crippen LogP contribution < -0.4 is 0 Å². The molecule has 1 saturated heterocycles. The quantitative estimate of drug-likeness (QED) is 0.601. The molecule has 1 aliphatic heterocycles. The number of piperidine rings is 1. The first-order valence-corrected chi connectivity index (χ1v) is 9.71. The van der Waals surface area contributed by atoms with Gasteiger partial charge in [0, 0.05) is 18.7 Å². The molecule has 1 atom stereocenters. The predicted molar refractivity (Wildman–Crippen MR) is 106 cm³/mol. The molecular formula is C23H24N2O3. The minimum Gasteiger partial charge on any atom is -0.455 e. The van der Waals surface area contributed by atoms with Crippen molar-refractivity contribution >= 4 is 5.97 Å². The number of carbonyl (C=O) groups excluding carboxylic acids is 1. The van der Waals surface area contributed by atoms with Crippen LogP contribution in [-0.4, -0.2) is 28.9 Å². The van der Waals surface area contributed by atoms with Gasteiger partial charge in [0.1, 0.15) is 0 Å². The lowest BCUT2D eigenvalue weighted by molar-refractivity contribution is -0.152. The summed E-state index contributed by atoms with van der Waals surface area (Å²) in [5, 5.41) is 0. The van der Waals surface area contributed by atoms with Gasteiger partial charge in [0.15, 0.2) is 12.4 Å². The van der Waals surface area contributed by atoms with Gasteiger partial charge in [-0.2, -0.15) is 0 Å². The van der Waals surface area contributed by atoms with Gasteiger partial charge >= 0.3 is 5.97 Å². The van der Waals surface area contributed by atoms with Gasteiger partial charge in [-0.05, 0) is 24.9 Å². The molecule has 5 heteroatoms. The first-order valence-electron chi connectivity index (χ1n) is 9.71. The van der Waals surface area contributed by atoms with Crippen molar-refractivity contribution in [2.24, 2.45) is 5.92 Å². The number of likely N-dealkylation sites (tertiary alicyclic amines) is 1. The molecule has 0 saturated carbocycles. The van der Waals surface area contributed by atoms with Gasteiger partial charge in [-0.25, -0.2) is 4.98 Å². The van der Waals surface area contributed by atoms with E-state index in [2.05, 4.69) is 22.0 Å². The van der Waals surface area contributed by atoms with E-state index in [-0.39, 0.29) is 18.5 Å². The Labute approximate surface area is 165 Å². The summed E-state index contributed by atoms with van der Waals surface area (Å²) >= 11 is 0. The highest BCUT2D eigenvalue weighted by Gasteiger charge is 2.27. The first kappa shape index (κ1) is 18.4. The van der Waals surface area contributed by atoms with Crippen molar-refractivity contribution in [3.05, 3.63) is 78.3 Å². The Morgan fingerprint density at radius 3 is 2.64 bits per heavy atom. The number of nitrogens with zero attached hydrogens (tertiary/aromatic N) is 2. The Balaban J connectivity index is 1.29. The number of hydrogen-bond donors (Lipinski definition) is 0. The van der Waals surface area contributed by atoms with Crippen molar-refractivity contribution in [3.8, 4) is 11.3 Å². The molecule has 2 heterocycles. The van der Waals surface area contributed by atoms with Crippen molar-refractivity contribution in [2.45, 2.75) is 26.0 Å². The highest BCUT2D eigenvalue weighted by atomic mass is 16.5. The smallest absolute Gasteiger partial charge is 0.310 e. The third-order valence-electron chi connectivity index (χ3n) is 5.04. The fourth-order valence-corrected chi connectivity index (χ4v) is 3.60. The highest BCUT2D eigenvalue weighted by Crippen LogP contribution is 2.22. The lowest BCUT2D eigenvalue weighted by atomic mass is 9.98. The van der Waals surface area contributed by atoms with E-state index < -0.39 is 0 Å². The molecule has 0 N–H and O–H groups in total. The van der Waals surface area contributed by atoms with E-state index in [0.717, 1.165) is 38.0 Å². The van der Waals surface area contributed by atoms with Crippen LogP contribution in [0.5, 0.6) is 0 Å². The number of rotatable bonds is 6. The zero-order valence-corrected chi connectivity index (χ0v) is 15.8. The van der Waals surface area contributed by atoms with Crippen LogP contribution in [0.25, 0.3) is 11.3 Å². The van der Waals surface area contributed by atoms with E-state index in [4.69, 9.17) is 9.15 Å². The third-order valence-corrected chi connectivity index (χ3v) is 5.04. The van der Waals surface area contributed by atoms with Crippen molar-refractivity contribution in [3.63, 3.8) is 0 Å². The number of aromatic nitrogens is 1.